The van der Waals surface area contributed by atoms with Gasteiger partial charge in [-0.3, -0.25) is 0 Å². The van der Waals surface area contributed by atoms with Crippen LogP contribution in [-0.4, -0.2) is 19.9 Å². The third-order valence-corrected chi connectivity index (χ3v) is 4.66. The van der Waals surface area contributed by atoms with Gasteiger partial charge in [-0.15, -0.1) is 12.4 Å². The number of aromatic nitrogens is 4. The lowest BCUT2D eigenvalue weighted by molar-refractivity contribution is -0.142. The Hall–Kier alpha value is -2.39. The zero-order valence-corrected chi connectivity index (χ0v) is 15.1. The standard InChI is InChI=1S/C17H16F3N5O.ClH/c1-10-3-5-11(6-4-10)25-13(17(18,19)20)12(9-22-25)14-23-15(24-26-14)16(21)7-2-8-16;/h3-6,9H,2,7-8,21H2,1H3;1H. The van der Waals surface area contributed by atoms with Crippen LogP contribution in [0.3, 0.4) is 0 Å². The highest BCUT2D eigenvalue weighted by Gasteiger charge is 2.42. The molecule has 0 radical (unpaired) electrons. The number of hydrogen-bond acceptors (Lipinski definition) is 5. The van der Waals surface area contributed by atoms with Gasteiger partial charge in [-0.1, -0.05) is 22.9 Å². The van der Waals surface area contributed by atoms with Crippen LogP contribution in [0.4, 0.5) is 13.2 Å². The maximum atomic E-state index is 13.7. The van der Waals surface area contributed by atoms with Gasteiger partial charge in [-0.25, -0.2) is 4.68 Å². The number of aryl methyl sites for hydroxylation is 1. The molecule has 0 saturated heterocycles. The summed E-state index contributed by atoms with van der Waals surface area (Å²) in [5.74, 6) is -0.00243. The highest BCUT2D eigenvalue weighted by Crippen LogP contribution is 2.40. The van der Waals surface area contributed by atoms with Crippen molar-refractivity contribution in [3.8, 4) is 17.1 Å². The third kappa shape index (κ3) is 3.32. The van der Waals surface area contributed by atoms with E-state index in [9.17, 15) is 13.2 Å². The predicted molar refractivity (Wildman–Crippen MR) is 93.6 cm³/mol. The quantitative estimate of drug-likeness (QED) is 0.719. The van der Waals surface area contributed by atoms with Crippen LogP contribution in [0.25, 0.3) is 17.1 Å². The van der Waals surface area contributed by atoms with E-state index < -0.39 is 17.4 Å². The minimum Gasteiger partial charge on any atom is -0.334 e. The molecule has 0 unspecified atom stereocenters. The number of benzene rings is 1. The molecule has 2 N–H and O–H groups in total. The molecule has 6 nitrogen and oxygen atoms in total. The van der Waals surface area contributed by atoms with Gasteiger partial charge in [0.05, 0.1) is 23.0 Å². The topological polar surface area (TPSA) is 82.8 Å². The third-order valence-electron chi connectivity index (χ3n) is 4.66. The van der Waals surface area contributed by atoms with Crippen molar-refractivity contribution in [3.63, 3.8) is 0 Å². The molecule has 1 aromatic carbocycles. The van der Waals surface area contributed by atoms with E-state index in [0.717, 1.165) is 22.9 Å². The molecule has 4 rings (SSSR count). The summed E-state index contributed by atoms with van der Waals surface area (Å²) in [6, 6.07) is 6.58. The largest absolute Gasteiger partial charge is 0.434 e. The predicted octanol–water partition coefficient (Wildman–Crippen LogP) is 4.01. The van der Waals surface area contributed by atoms with Crippen molar-refractivity contribution in [1.29, 1.82) is 0 Å². The molecule has 10 heteroatoms. The fourth-order valence-electron chi connectivity index (χ4n) is 2.98. The van der Waals surface area contributed by atoms with Gasteiger partial charge in [-0.05, 0) is 38.3 Å². The summed E-state index contributed by atoms with van der Waals surface area (Å²) in [5, 5.41) is 7.69. The number of nitrogens with two attached hydrogens (primary N) is 1. The molecule has 0 aliphatic heterocycles. The number of rotatable bonds is 3. The molecule has 1 fully saturated rings. The van der Waals surface area contributed by atoms with Crippen molar-refractivity contribution in [2.45, 2.75) is 37.9 Å². The number of halogens is 4. The van der Waals surface area contributed by atoms with Gasteiger partial charge in [0.2, 0.25) is 0 Å². The highest BCUT2D eigenvalue weighted by molar-refractivity contribution is 5.85. The summed E-state index contributed by atoms with van der Waals surface area (Å²) in [4.78, 5) is 4.11. The summed E-state index contributed by atoms with van der Waals surface area (Å²) in [6.45, 7) is 1.85. The van der Waals surface area contributed by atoms with Gasteiger partial charge in [-0.2, -0.15) is 23.3 Å². The van der Waals surface area contributed by atoms with Gasteiger partial charge < -0.3 is 10.3 Å². The van der Waals surface area contributed by atoms with Crippen LogP contribution >= 0.6 is 12.4 Å². The monoisotopic (exact) mass is 399 g/mol. The van der Waals surface area contributed by atoms with E-state index in [2.05, 4.69) is 15.2 Å². The van der Waals surface area contributed by atoms with Crippen molar-refractivity contribution >= 4 is 12.4 Å². The molecule has 27 heavy (non-hydrogen) atoms. The number of nitrogens with zero attached hydrogens (tertiary/aromatic N) is 4. The summed E-state index contributed by atoms with van der Waals surface area (Å²) < 4.78 is 47.1. The Morgan fingerprint density at radius 1 is 1.19 bits per heavy atom. The van der Waals surface area contributed by atoms with Crippen LogP contribution in [0.1, 0.15) is 36.3 Å². The maximum Gasteiger partial charge on any atom is 0.434 e. The van der Waals surface area contributed by atoms with E-state index >= 15 is 0 Å². The molecule has 1 aliphatic carbocycles. The zero-order valence-electron chi connectivity index (χ0n) is 14.3. The van der Waals surface area contributed by atoms with Crippen LogP contribution in [-0.2, 0) is 11.7 Å². The fraction of sp³-hybridized carbons (Fsp3) is 0.353. The Morgan fingerprint density at radius 3 is 2.41 bits per heavy atom. The molecular formula is C17H17ClF3N5O. The molecule has 0 bridgehead atoms. The SMILES string of the molecule is Cc1ccc(-n2ncc(-c3nc(C4(N)CCC4)no3)c2C(F)(F)F)cc1.Cl. The minimum atomic E-state index is -4.65. The van der Waals surface area contributed by atoms with Crippen LogP contribution < -0.4 is 5.73 Å². The molecule has 2 heterocycles. The molecule has 1 saturated carbocycles. The Labute approximate surface area is 159 Å². The van der Waals surface area contributed by atoms with E-state index in [-0.39, 0.29) is 29.7 Å². The first-order valence-corrected chi connectivity index (χ1v) is 8.14. The van der Waals surface area contributed by atoms with Crippen molar-refractivity contribution in [3.05, 3.63) is 47.5 Å². The Morgan fingerprint density at radius 2 is 1.85 bits per heavy atom. The van der Waals surface area contributed by atoms with Crippen molar-refractivity contribution < 1.29 is 17.7 Å². The molecule has 3 aromatic rings. The van der Waals surface area contributed by atoms with Crippen LogP contribution in [0.5, 0.6) is 0 Å². The van der Waals surface area contributed by atoms with Crippen molar-refractivity contribution in [1.82, 2.24) is 19.9 Å². The van der Waals surface area contributed by atoms with Gasteiger partial charge in [0.25, 0.3) is 5.89 Å². The first-order valence-electron chi connectivity index (χ1n) is 8.14. The van der Waals surface area contributed by atoms with E-state index in [4.69, 9.17) is 10.3 Å². The second kappa shape index (κ2) is 6.65. The lowest BCUT2D eigenvalue weighted by Gasteiger charge is -2.34. The smallest absolute Gasteiger partial charge is 0.334 e. The lowest BCUT2D eigenvalue weighted by atomic mass is 9.77. The average Bonchev–Trinajstić information content (AvgIpc) is 3.19. The van der Waals surface area contributed by atoms with E-state index in [1.807, 2.05) is 6.92 Å². The summed E-state index contributed by atoms with van der Waals surface area (Å²) >= 11 is 0. The second-order valence-corrected chi connectivity index (χ2v) is 6.58. The molecule has 2 aromatic heterocycles. The van der Waals surface area contributed by atoms with E-state index in [1.165, 1.54) is 0 Å². The van der Waals surface area contributed by atoms with Gasteiger partial charge in [0.15, 0.2) is 11.5 Å². The van der Waals surface area contributed by atoms with Gasteiger partial charge in [0, 0.05) is 0 Å². The second-order valence-electron chi connectivity index (χ2n) is 6.58. The highest BCUT2D eigenvalue weighted by atomic mass is 35.5. The van der Waals surface area contributed by atoms with Crippen LogP contribution in [0, 0.1) is 6.92 Å². The summed E-state index contributed by atoms with van der Waals surface area (Å²) in [7, 11) is 0. The lowest BCUT2D eigenvalue weighted by Crippen LogP contribution is -2.44. The Kier molecular flexibility index (Phi) is 4.77. The van der Waals surface area contributed by atoms with E-state index in [0.29, 0.717) is 18.5 Å². The maximum absolute atomic E-state index is 13.7. The molecule has 0 amide bonds. The van der Waals surface area contributed by atoms with Crippen LogP contribution in [0.2, 0.25) is 0 Å². The minimum absolute atomic E-state index is 0. The number of hydrogen-bond donors (Lipinski definition) is 1. The molecule has 0 spiro atoms. The van der Waals surface area contributed by atoms with Crippen molar-refractivity contribution in [2.75, 3.05) is 0 Å². The van der Waals surface area contributed by atoms with Crippen LogP contribution in [0.15, 0.2) is 35.0 Å². The number of alkyl halides is 3. The molecule has 1 aliphatic rings. The average molecular weight is 400 g/mol. The Balaban J connectivity index is 0.00000210. The molecule has 144 valence electrons. The van der Waals surface area contributed by atoms with E-state index in [1.54, 1.807) is 24.3 Å². The first-order chi connectivity index (χ1) is 12.3. The normalized spacial score (nSPS) is 15.9. The fourth-order valence-corrected chi connectivity index (χ4v) is 2.98. The zero-order chi connectivity index (χ0) is 18.5. The Bertz CT molecular complexity index is 944. The summed E-state index contributed by atoms with van der Waals surface area (Å²) in [5.41, 5.74) is 5.41. The van der Waals surface area contributed by atoms with Gasteiger partial charge in [0.1, 0.15) is 0 Å². The van der Waals surface area contributed by atoms with Gasteiger partial charge >= 0.3 is 6.18 Å². The first kappa shape index (κ1) is 19.4. The summed E-state index contributed by atoms with van der Waals surface area (Å²) in [6.07, 6.45) is -1.27. The van der Waals surface area contributed by atoms with Crippen molar-refractivity contribution in [2.24, 2.45) is 5.73 Å². The molecular weight excluding hydrogens is 383 g/mol. The molecule has 0 atom stereocenters.